The fourth-order valence-corrected chi connectivity index (χ4v) is 5.05. The Bertz CT molecular complexity index is 1270. The molecule has 35 heavy (non-hydrogen) atoms. The Balaban J connectivity index is 1.23. The van der Waals surface area contributed by atoms with E-state index in [1.54, 1.807) is 30.2 Å². The molecule has 3 amide bonds. The van der Waals surface area contributed by atoms with Crippen molar-refractivity contribution in [2.24, 2.45) is 5.92 Å². The van der Waals surface area contributed by atoms with Gasteiger partial charge in [0.05, 0.1) is 12.8 Å². The number of carbonyl (C=O) groups excluding carboxylic acids is 3. The first-order valence-electron chi connectivity index (χ1n) is 12.1. The molecule has 2 fully saturated rings. The third-order valence-electron chi connectivity index (χ3n) is 6.98. The van der Waals surface area contributed by atoms with Crippen LogP contribution >= 0.6 is 0 Å². The molecule has 2 aliphatic heterocycles. The predicted octanol–water partition coefficient (Wildman–Crippen LogP) is 4.47. The Labute approximate surface area is 204 Å². The van der Waals surface area contributed by atoms with Crippen molar-refractivity contribution in [1.82, 2.24) is 4.90 Å². The second-order valence-corrected chi connectivity index (χ2v) is 9.12. The largest absolute Gasteiger partial charge is 0.495 e. The Morgan fingerprint density at radius 2 is 1.74 bits per heavy atom. The molecule has 0 saturated carbocycles. The van der Waals surface area contributed by atoms with Gasteiger partial charge in [0.2, 0.25) is 11.8 Å². The van der Waals surface area contributed by atoms with E-state index in [2.05, 4.69) is 5.32 Å². The van der Waals surface area contributed by atoms with Crippen LogP contribution in [0.25, 0.3) is 10.8 Å². The number of likely N-dealkylation sites (tertiary alicyclic amines) is 1. The van der Waals surface area contributed by atoms with Crippen molar-refractivity contribution in [1.29, 1.82) is 0 Å². The Morgan fingerprint density at radius 3 is 2.49 bits per heavy atom. The number of ether oxygens (including phenoxy) is 1. The minimum Gasteiger partial charge on any atom is -0.495 e. The van der Waals surface area contributed by atoms with Gasteiger partial charge < -0.3 is 19.9 Å². The zero-order chi connectivity index (χ0) is 24.4. The van der Waals surface area contributed by atoms with E-state index in [9.17, 15) is 14.4 Å². The summed E-state index contributed by atoms with van der Waals surface area (Å²) < 4.78 is 5.44. The summed E-state index contributed by atoms with van der Waals surface area (Å²) in [6, 6.07) is 19.1. The van der Waals surface area contributed by atoms with E-state index in [1.807, 2.05) is 47.4 Å². The van der Waals surface area contributed by atoms with E-state index in [1.165, 1.54) is 0 Å². The van der Waals surface area contributed by atoms with E-state index in [0.717, 1.165) is 17.2 Å². The third-order valence-corrected chi connectivity index (χ3v) is 6.98. The van der Waals surface area contributed by atoms with E-state index in [-0.39, 0.29) is 23.6 Å². The molecule has 0 aliphatic carbocycles. The van der Waals surface area contributed by atoms with Crippen molar-refractivity contribution in [2.75, 3.05) is 37.0 Å². The first kappa shape index (κ1) is 22.9. The molecule has 180 valence electrons. The van der Waals surface area contributed by atoms with Crippen molar-refractivity contribution in [3.8, 4) is 5.75 Å². The van der Waals surface area contributed by atoms with Crippen LogP contribution in [0.5, 0.6) is 5.75 Å². The molecule has 0 atom stereocenters. The third kappa shape index (κ3) is 4.58. The summed E-state index contributed by atoms with van der Waals surface area (Å²) >= 11 is 0. The first-order valence-corrected chi connectivity index (χ1v) is 12.1. The highest BCUT2D eigenvalue weighted by Gasteiger charge is 2.29. The molecular formula is C28H29N3O4. The van der Waals surface area contributed by atoms with Gasteiger partial charge in [0.1, 0.15) is 5.75 Å². The maximum absolute atomic E-state index is 13.2. The van der Waals surface area contributed by atoms with E-state index < -0.39 is 0 Å². The summed E-state index contributed by atoms with van der Waals surface area (Å²) in [4.78, 5) is 42.0. The fraction of sp³-hybridized carbons (Fsp3) is 0.321. The summed E-state index contributed by atoms with van der Waals surface area (Å²) in [7, 11) is 1.57. The molecule has 0 bridgehead atoms. The summed E-state index contributed by atoms with van der Waals surface area (Å²) in [5.41, 5.74) is 2.02. The molecule has 0 unspecified atom stereocenters. The summed E-state index contributed by atoms with van der Waals surface area (Å²) in [5.74, 6) is 0.445. The number of hydrogen-bond donors (Lipinski definition) is 1. The van der Waals surface area contributed by atoms with E-state index >= 15 is 0 Å². The zero-order valence-corrected chi connectivity index (χ0v) is 19.8. The maximum atomic E-state index is 13.2. The Hall–Kier alpha value is -3.87. The molecule has 3 aromatic carbocycles. The van der Waals surface area contributed by atoms with Crippen LogP contribution in [0.2, 0.25) is 0 Å². The van der Waals surface area contributed by atoms with Crippen molar-refractivity contribution in [2.45, 2.75) is 25.7 Å². The first-order chi connectivity index (χ1) is 17.0. The molecule has 7 nitrogen and oxygen atoms in total. The van der Waals surface area contributed by atoms with Crippen LogP contribution < -0.4 is 15.0 Å². The van der Waals surface area contributed by atoms with Crippen molar-refractivity contribution >= 4 is 39.9 Å². The van der Waals surface area contributed by atoms with Gasteiger partial charge >= 0.3 is 0 Å². The van der Waals surface area contributed by atoms with Crippen LogP contribution in [0, 0.1) is 5.92 Å². The lowest BCUT2D eigenvalue weighted by Crippen LogP contribution is -2.41. The number of piperidine rings is 1. The highest BCUT2D eigenvalue weighted by molar-refractivity contribution is 6.07. The number of amides is 3. The topological polar surface area (TPSA) is 79.0 Å². The van der Waals surface area contributed by atoms with Crippen LogP contribution in [0.4, 0.5) is 11.4 Å². The molecule has 5 rings (SSSR count). The van der Waals surface area contributed by atoms with Crippen LogP contribution in [0.15, 0.2) is 60.7 Å². The standard InChI is InChI=1S/C28H29N3O4/c1-35-25-12-11-21(18-24(25)31-15-5-10-26(31)32)29-27(33)20-13-16-30(17-14-20)28(34)23-9-4-7-19-6-2-3-8-22(19)23/h2-4,6-9,11-12,18,20H,5,10,13-17H2,1H3,(H,29,33). The van der Waals surface area contributed by atoms with Crippen LogP contribution in [-0.4, -0.2) is 49.4 Å². The Kier molecular flexibility index (Phi) is 6.40. The molecule has 3 aromatic rings. The SMILES string of the molecule is COc1ccc(NC(=O)C2CCN(C(=O)c3cccc4ccccc34)CC2)cc1N1CCCC1=O. The molecule has 2 saturated heterocycles. The molecule has 2 heterocycles. The number of fused-ring (bicyclic) bond motifs is 1. The van der Waals surface area contributed by atoms with Gasteiger partial charge in [0.25, 0.3) is 5.91 Å². The van der Waals surface area contributed by atoms with Gasteiger partial charge in [-0.05, 0) is 54.3 Å². The van der Waals surface area contributed by atoms with Gasteiger partial charge in [-0.1, -0.05) is 36.4 Å². The number of anilines is 2. The van der Waals surface area contributed by atoms with Gasteiger partial charge in [-0.15, -0.1) is 0 Å². The quantitative estimate of drug-likeness (QED) is 0.596. The van der Waals surface area contributed by atoms with Crippen LogP contribution in [0.3, 0.4) is 0 Å². The molecule has 2 aliphatic rings. The average molecular weight is 472 g/mol. The normalized spacial score (nSPS) is 16.5. The number of carbonyl (C=O) groups is 3. The lowest BCUT2D eigenvalue weighted by molar-refractivity contribution is -0.121. The lowest BCUT2D eigenvalue weighted by atomic mass is 9.94. The minimum atomic E-state index is -0.175. The molecular weight excluding hydrogens is 442 g/mol. The number of nitrogens with one attached hydrogen (secondary N) is 1. The highest BCUT2D eigenvalue weighted by Crippen LogP contribution is 2.34. The minimum absolute atomic E-state index is 0.00994. The Morgan fingerprint density at radius 1 is 0.971 bits per heavy atom. The second-order valence-electron chi connectivity index (χ2n) is 9.12. The summed E-state index contributed by atoms with van der Waals surface area (Å²) in [6.07, 6.45) is 2.55. The highest BCUT2D eigenvalue weighted by atomic mass is 16.5. The van der Waals surface area contributed by atoms with Crippen molar-refractivity contribution in [3.05, 3.63) is 66.2 Å². The van der Waals surface area contributed by atoms with Gasteiger partial charge in [0.15, 0.2) is 0 Å². The van der Waals surface area contributed by atoms with E-state index in [0.29, 0.717) is 61.6 Å². The number of hydrogen-bond acceptors (Lipinski definition) is 4. The molecule has 0 spiro atoms. The number of rotatable bonds is 5. The van der Waals surface area contributed by atoms with Crippen LogP contribution in [-0.2, 0) is 9.59 Å². The number of benzene rings is 3. The number of methoxy groups -OCH3 is 1. The van der Waals surface area contributed by atoms with Gasteiger partial charge in [-0.25, -0.2) is 0 Å². The smallest absolute Gasteiger partial charge is 0.254 e. The fourth-order valence-electron chi connectivity index (χ4n) is 5.05. The van der Waals surface area contributed by atoms with Crippen molar-refractivity contribution < 1.29 is 19.1 Å². The van der Waals surface area contributed by atoms with E-state index in [4.69, 9.17) is 4.74 Å². The summed E-state index contributed by atoms with van der Waals surface area (Å²) in [6.45, 7) is 1.72. The average Bonchev–Trinajstić information content (AvgIpc) is 3.33. The predicted molar refractivity (Wildman–Crippen MR) is 136 cm³/mol. The monoisotopic (exact) mass is 471 g/mol. The lowest BCUT2D eigenvalue weighted by Gasteiger charge is -2.31. The van der Waals surface area contributed by atoms with Gasteiger partial charge in [0, 0.05) is 43.2 Å². The summed E-state index contributed by atoms with van der Waals surface area (Å²) in [5, 5.41) is 5.00. The molecule has 7 heteroatoms. The zero-order valence-electron chi connectivity index (χ0n) is 19.8. The van der Waals surface area contributed by atoms with Crippen molar-refractivity contribution in [3.63, 3.8) is 0 Å². The second kappa shape index (κ2) is 9.78. The molecule has 1 N–H and O–H groups in total. The molecule has 0 aromatic heterocycles. The van der Waals surface area contributed by atoms with Gasteiger partial charge in [-0.3, -0.25) is 14.4 Å². The van der Waals surface area contributed by atoms with Gasteiger partial charge in [-0.2, -0.15) is 0 Å². The van der Waals surface area contributed by atoms with Crippen LogP contribution in [0.1, 0.15) is 36.0 Å². The molecule has 0 radical (unpaired) electrons. The number of nitrogens with zero attached hydrogens (tertiary/aromatic N) is 2. The maximum Gasteiger partial charge on any atom is 0.254 e.